The third kappa shape index (κ3) is 17.6. The molecule has 0 nitrogen and oxygen atoms in total. The SMILES string of the molecule is [C]1=C/C=C/C=C\C=C/CCCCCCCCCCCCCCCCC/1. The molecule has 0 spiro atoms. The van der Waals surface area contributed by atoms with Gasteiger partial charge in [-0.2, -0.15) is 0 Å². The summed E-state index contributed by atoms with van der Waals surface area (Å²) < 4.78 is 0. The topological polar surface area (TPSA) is 0 Å². The van der Waals surface area contributed by atoms with E-state index in [1.165, 1.54) is 103 Å². The quantitative estimate of drug-likeness (QED) is 0.413. The Morgan fingerprint density at radius 3 is 1.44 bits per heavy atom. The highest BCUT2D eigenvalue weighted by Gasteiger charge is 1.94. The summed E-state index contributed by atoms with van der Waals surface area (Å²) in [6, 6.07) is 0. The molecular formula is C25H41. The van der Waals surface area contributed by atoms with Crippen LogP contribution in [0.4, 0.5) is 0 Å². The van der Waals surface area contributed by atoms with E-state index in [1.54, 1.807) is 0 Å². The zero-order valence-electron chi connectivity index (χ0n) is 16.6. The summed E-state index contributed by atoms with van der Waals surface area (Å²) in [5.74, 6) is 0. The summed E-state index contributed by atoms with van der Waals surface area (Å²) in [7, 11) is 0. The Labute approximate surface area is 158 Å². The molecule has 0 aliphatic heterocycles. The van der Waals surface area contributed by atoms with Crippen molar-refractivity contribution in [3.63, 3.8) is 0 Å². The van der Waals surface area contributed by atoms with E-state index in [1.807, 2.05) is 0 Å². The van der Waals surface area contributed by atoms with Crippen LogP contribution >= 0.6 is 0 Å². The Morgan fingerprint density at radius 2 is 0.840 bits per heavy atom. The molecular weight excluding hydrogens is 300 g/mol. The predicted molar refractivity (Wildman–Crippen MR) is 114 cm³/mol. The van der Waals surface area contributed by atoms with Crippen LogP contribution in [0.3, 0.4) is 0 Å². The average Bonchev–Trinajstić information content (AvgIpc) is 2.62. The van der Waals surface area contributed by atoms with Gasteiger partial charge in [0.25, 0.3) is 0 Å². The van der Waals surface area contributed by atoms with E-state index in [0.29, 0.717) is 0 Å². The van der Waals surface area contributed by atoms with E-state index < -0.39 is 0 Å². The number of hydrogen-bond donors (Lipinski definition) is 0. The second kappa shape index (κ2) is 19.3. The minimum Gasteiger partial charge on any atom is -0.0845 e. The molecule has 0 atom stereocenters. The molecule has 0 heterocycles. The van der Waals surface area contributed by atoms with Gasteiger partial charge in [0.2, 0.25) is 0 Å². The lowest BCUT2D eigenvalue weighted by molar-refractivity contribution is 0.531. The lowest BCUT2D eigenvalue weighted by atomic mass is 10.0. The molecule has 1 rings (SSSR count). The number of rotatable bonds is 0. The van der Waals surface area contributed by atoms with Crippen molar-refractivity contribution in [1.29, 1.82) is 0 Å². The molecule has 0 heteroatoms. The average molecular weight is 342 g/mol. The molecule has 1 aliphatic carbocycles. The van der Waals surface area contributed by atoms with Gasteiger partial charge in [-0.15, -0.1) is 0 Å². The minimum atomic E-state index is 1.11. The maximum atomic E-state index is 3.38. The van der Waals surface area contributed by atoms with Crippen molar-refractivity contribution in [2.24, 2.45) is 0 Å². The van der Waals surface area contributed by atoms with Crippen LogP contribution in [0, 0.1) is 6.08 Å². The van der Waals surface area contributed by atoms with Crippen molar-refractivity contribution >= 4 is 0 Å². The molecule has 141 valence electrons. The smallest absolute Gasteiger partial charge is 0.0276 e. The normalized spacial score (nSPS) is 26.6. The number of hydrogen-bond acceptors (Lipinski definition) is 0. The standard InChI is InChI=1S/C25H41/c1-2-4-6-8-10-12-14-16-18-20-22-24-25-23-21-19-17-15-13-11-9-7-5-3-1/h1-7H,8,10-25H2/b2-1-,5-3+,6-4-,9-7?. The van der Waals surface area contributed by atoms with E-state index in [2.05, 4.69) is 48.6 Å². The lowest BCUT2D eigenvalue weighted by Crippen LogP contribution is -1.83. The van der Waals surface area contributed by atoms with Crippen LogP contribution in [0.25, 0.3) is 0 Å². The van der Waals surface area contributed by atoms with E-state index in [9.17, 15) is 0 Å². The molecule has 0 N–H and O–H groups in total. The van der Waals surface area contributed by atoms with Crippen LogP contribution in [0.1, 0.15) is 109 Å². The first-order valence-corrected chi connectivity index (χ1v) is 11.1. The summed E-state index contributed by atoms with van der Waals surface area (Å²) in [5, 5.41) is 0. The third-order valence-electron chi connectivity index (χ3n) is 4.99. The fourth-order valence-electron chi connectivity index (χ4n) is 3.36. The molecule has 1 aliphatic rings. The fourth-order valence-corrected chi connectivity index (χ4v) is 3.36. The van der Waals surface area contributed by atoms with Gasteiger partial charge in [0.05, 0.1) is 0 Å². The van der Waals surface area contributed by atoms with Crippen LogP contribution < -0.4 is 0 Å². The number of allylic oxidation sites excluding steroid dienone is 8. The maximum absolute atomic E-state index is 3.38. The Bertz CT molecular complexity index is 333. The van der Waals surface area contributed by atoms with Crippen molar-refractivity contribution in [1.82, 2.24) is 0 Å². The highest BCUT2D eigenvalue weighted by Crippen LogP contribution is 2.14. The van der Waals surface area contributed by atoms with Crippen LogP contribution in [-0.4, -0.2) is 0 Å². The van der Waals surface area contributed by atoms with Gasteiger partial charge in [0, 0.05) is 0 Å². The summed E-state index contributed by atoms with van der Waals surface area (Å²) in [4.78, 5) is 0. The molecule has 0 aromatic carbocycles. The van der Waals surface area contributed by atoms with Crippen molar-refractivity contribution < 1.29 is 0 Å². The fraction of sp³-hybridized carbons (Fsp3) is 0.680. The Balaban J connectivity index is 2.19. The predicted octanol–water partition coefficient (Wildman–Crippen LogP) is 8.66. The van der Waals surface area contributed by atoms with Crippen LogP contribution in [0.5, 0.6) is 0 Å². The van der Waals surface area contributed by atoms with Gasteiger partial charge in [0.1, 0.15) is 0 Å². The Kier molecular flexibility index (Phi) is 17.0. The Hall–Kier alpha value is -1.04. The van der Waals surface area contributed by atoms with E-state index >= 15 is 0 Å². The molecule has 0 amide bonds. The molecule has 0 unspecified atom stereocenters. The van der Waals surface area contributed by atoms with E-state index in [-0.39, 0.29) is 0 Å². The van der Waals surface area contributed by atoms with Gasteiger partial charge < -0.3 is 0 Å². The highest BCUT2D eigenvalue weighted by atomic mass is 14.0. The zero-order chi connectivity index (χ0) is 17.7. The summed E-state index contributed by atoms with van der Waals surface area (Å²) >= 11 is 0. The monoisotopic (exact) mass is 341 g/mol. The van der Waals surface area contributed by atoms with Crippen molar-refractivity contribution in [2.75, 3.05) is 0 Å². The van der Waals surface area contributed by atoms with Crippen molar-refractivity contribution in [3.05, 3.63) is 48.6 Å². The largest absolute Gasteiger partial charge is 0.0845 e. The molecule has 0 aromatic rings. The molecule has 25 heavy (non-hydrogen) atoms. The molecule has 0 fully saturated rings. The molecule has 0 aromatic heterocycles. The first-order chi connectivity index (χ1) is 12.5. The highest BCUT2D eigenvalue weighted by molar-refractivity contribution is 5.14. The van der Waals surface area contributed by atoms with Crippen LogP contribution in [-0.2, 0) is 0 Å². The zero-order valence-corrected chi connectivity index (χ0v) is 16.6. The first-order valence-electron chi connectivity index (χ1n) is 11.1. The van der Waals surface area contributed by atoms with Gasteiger partial charge in [-0.3, -0.25) is 0 Å². The summed E-state index contributed by atoms with van der Waals surface area (Å²) in [5.41, 5.74) is 0. The van der Waals surface area contributed by atoms with Gasteiger partial charge in [0.15, 0.2) is 0 Å². The van der Waals surface area contributed by atoms with Crippen LogP contribution in [0.2, 0.25) is 0 Å². The lowest BCUT2D eigenvalue weighted by Gasteiger charge is -2.03. The minimum absolute atomic E-state index is 1.11. The van der Waals surface area contributed by atoms with Gasteiger partial charge in [-0.05, 0) is 31.8 Å². The molecule has 1 radical (unpaired) electrons. The molecule has 0 saturated carbocycles. The van der Waals surface area contributed by atoms with Gasteiger partial charge >= 0.3 is 0 Å². The second-order valence-corrected chi connectivity index (χ2v) is 7.41. The van der Waals surface area contributed by atoms with E-state index in [0.717, 1.165) is 6.42 Å². The third-order valence-corrected chi connectivity index (χ3v) is 4.99. The van der Waals surface area contributed by atoms with E-state index in [4.69, 9.17) is 0 Å². The van der Waals surface area contributed by atoms with Crippen LogP contribution in [0.15, 0.2) is 42.5 Å². The summed E-state index contributed by atoms with van der Waals surface area (Å²) in [6.45, 7) is 0. The molecule has 0 saturated heterocycles. The maximum Gasteiger partial charge on any atom is -0.0276 e. The van der Waals surface area contributed by atoms with Crippen molar-refractivity contribution in [2.45, 2.75) is 109 Å². The van der Waals surface area contributed by atoms with Gasteiger partial charge in [-0.1, -0.05) is 126 Å². The first kappa shape index (κ1) is 22.0. The van der Waals surface area contributed by atoms with Gasteiger partial charge in [-0.25, -0.2) is 0 Å². The summed E-state index contributed by atoms with van der Waals surface area (Å²) in [6.07, 6.45) is 42.0. The Morgan fingerprint density at radius 1 is 0.400 bits per heavy atom. The molecule has 0 bridgehead atoms. The second-order valence-electron chi connectivity index (χ2n) is 7.41. The van der Waals surface area contributed by atoms with Crippen molar-refractivity contribution in [3.8, 4) is 0 Å².